The first-order chi connectivity index (χ1) is 9.49. The molecular weight excluding hydrogens is 296 g/mol. The second-order valence-electron chi connectivity index (χ2n) is 4.09. The minimum Gasteiger partial charge on any atom is -0.377 e. The molecule has 0 N–H and O–H groups in total. The Balaban J connectivity index is 0. The van der Waals surface area contributed by atoms with Crippen LogP contribution >= 0.6 is 0 Å². The van der Waals surface area contributed by atoms with E-state index in [0.29, 0.717) is 0 Å². The van der Waals surface area contributed by atoms with Crippen molar-refractivity contribution in [2.24, 2.45) is 0 Å². The Labute approximate surface area is 127 Å². The lowest BCUT2D eigenvalue weighted by Crippen LogP contribution is -2.42. The molecule has 0 fully saturated rings. The molecular formula is C12H32O6Si2. The number of ether oxygens (including phenoxy) is 3. The van der Waals surface area contributed by atoms with E-state index in [9.17, 15) is 0 Å². The number of methoxy groups -OCH3 is 3. The van der Waals surface area contributed by atoms with E-state index in [2.05, 4.69) is 6.92 Å². The van der Waals surface area contributed by atoms with Crippen molar-refractivity contribution >= 4 is 19.0 Å². The van der Waals surface area contributed by atoms with Crippen LogP contribution in [0.3, 0.4) is 0 Å². The van der Waals surface area contributed by atoms with Crippen LogP contribution in [0.4, 0.5) is 0 Å². The zero-order chi connectivity index (χ0) is 16.1. The van der Waals surface area contributed by atoms with E-state index in [1.165, 1.54) is 0 Å². The minimum atomic E-state index is -2.22. The molecule has 0 aromatic heterocycles. The van der Waals surface area contributed by atoms with Crippen molar-refractivity contribution < 1.29 is 27.5 Å². The highest BCUT2D eigenvalue weighted by molar-refractivity contribution is 6.60. The van der Waals surface area contributed by atoms with E-state index in [1.807, 2.05) is 0 Å². The number of hydrogen-bond donors (Lipinski definition) is 0. The van der Waals surface area contributed by atoms with E-state index in [1.54, 1.807) is 42.7 Å². The highest BCUT2D eigenvalue weighted by atomic mass is 28.4. The summed E-state index contributed by atoms with van der Waals surface area (Å²) < 4.78 is 30.7. The van der Waals surface area contributed by atoms with Gasteiger partial charge in [-0.2, -0.15) is 0 Å². The molecule has 0 radical (unpaired) electrons. The molecule has 0 aliphatic carbocycles. The molecule has 0 aromatic carbocycles. The van der Waals surface area contributed by atoms with Crippen molar-refractivity contribution in [1.29, 1.82) is 0 Å². The Bertz CT molecular complexity index is 172. The van der Waals surface area contributed by atoms with Crippen molar-refractivity contribution in [3.05, 3.63) is 0 Å². The predicted molar refractivity (Wildman–Crippen MR) is 85.0 cm³/mol. The zero-order valence-electron chi connectivity index (χ0n) is 14.3. The molecule has 0 aliphatic rings. The Kier molecular flexibility index (Phi) is 14.5. The molecule has 0 aromatic rings. The van der Waals surface area contributed by atoms with Crippen molar-refractivity contribution in [2.75, 3.05) is 42.7 Å². The second kappa shape index (κ2) is 12.9. The van der Waals surface area contributed by atoms with Crippen LogP contribution in [0.25, 0.3) is 0 Å². The first-order valence-electron chi connectivity index (χ1n) is 6.80. The van der Waals surface area contributed by atoms with Crippen LogP contribution in [-0.4, -0.2) is 67.7 Å². The van der Waals surface area contributed by atoms with Crippen molar-refractivity contribution in [3.8, 4) is 0 Å². The van der Waals surface area contributed by atoms with E-state index in [0.717, 1.165) is 35.2 Å². The predicted octanol–water partition coefficient (Wildman–Crippen LogP) is 1.03. The fraction of sp³-hybridized carbons (Fsp3) is 1.00. The van der Waals surface area contributed by atoms with Gasteiger partial charge in [-0.15, -0.1) is 0 Å². The van der Waals surface area contributed by atoms with Gasteiger partial charge in [-0.05, 0) is 0 Å². The smallest absolute Gasteiger partial charge is 0.377 e. The third kappa shape index (κ3) is 7.84. The van der Waals surface area contributed by atoms with Gasteiger partial charge in [0, 0.05) is 65.4 Å². The topological polar surface area (TPSA) is 55.4 Å². The second-order valence-corrected chi connectivity index (χ2v) is 8.18. The molecule has 0 heterocycles. The van der Waals surface area contributed by atoms with Crippen LogP contribution in [0.15, 0.2) is 0 Å². The Morgan fingerprint density at radius 1 is 0.850 bits per heavy atom. The third-order valence-corrected chi connectivity index (χ3v) is 6.46. The van der Waals surface area contributed by atoms with Crippen molar-refractivity contribution in [1.82, 2.24) is 0 Å². The Morgan fingerprint density at radius 3 is 1.35 bits per heavy atom. The Morgan fingerprint density at radius 2 is 1.25 bits per heavy atom. The fourth-order valence-corrected chi connectivity index (χ4v) is 4.06. The Hall–Kier alpha value is 0.194. The van der Waals surface area contributed by atoms with Crippen LogP contribution in [-0.2, 0) is 27.5 Å². The normalized spacial score (nSPS) is 12.2. The van der Waals surface area contributed by atoms with E-state index in [4.69, 9.17) is 27.5 Å². The average molecular weight is 329 g/mol. The summed E-state index contributed by atoms with van der Waals surface area (Å²) >= 11 is 0. The van der Waals surface area contributed by atoms with Crippen LogP contribution in [0.2, 0.25) is 12.1 Å². The highest BCUT2D eigenvalue weighted by Crippen LogP contribution is 2.18. The fourth-order valence-electron chi connectivity index (χ4n) is 1.72. The summed E-state index contributed by atoms with van der Waals surface area (Å²) in [6.45, 7) is 2.08. The molecule has 0 aliphatic heterocycles. The van der Waals surface area contributed by atoms with Gasteiger partial charge in [0.2, 0.25) is 0 Å². The zero-order valence-corrected chi connectivity index (χ0v) is 17.3. The molecule has 0 amide bonds. The van der Waals surface area contributed by atoms with Crippen LogP contribution in [0.5, 0.6) is 0 Å². The summed E-state index contributed by atoms with van der Waals surface area (Å²) in [7, 11) is 8.59. The van der Waals surface area contributed by atoms with E-state index < -0.39 is 14.8 Å². The quantitative estimate of drug-likeness (QED) is 0.441. The molecule has 0 unspecified atom stereocenters. The molecule has 20 heavy (non-hydrogen) atoms. The summed E-state index contributed by atoms with van der Waals surface area (Å²) in [5.74, 6) is -0.790. The van der Waals surface area contributed by atoms with Crippen LogP contribution < -0.4 is 0 Å². The van der Waals surface area contributed by atoms with E-state index in [-0.39, 0.29) is 0 Å². The summed E-state index contributed by atoms with van der Waals surface area (Å²) in [6.07, 6.45) is 1.84. The van der Waals surface area contributed by atoms with Gasteiger partial charge in [0.05, 0.1) is 0 Å². The maximum atomic E-state index is 5.17. The van der Waals surface area contributed by atoms with Gasteiger partial charge in [-0.1, -0.05) is 19.4 Å². The van der Waals surface area contributed by atoms with Gasteiger partial charge in [-0.25, -0.2) is 0 Å². The molecule has 0 atom stereocenters. The van der Waals surface area contributed by atoms with Crippen molar-refractivity contribution in [3.63, 3.8) is 0 Å². The molecule has 0 rings (SSSR count). The molecule has 124 valence electrons. The van der Waals surface area contributed by atoms with Gasteiger partial charge < -0.3 is 27.5 Å². The number of hydrogen-bond acceptors (Lipinski definition) is 6. The first kappa shape index (κ1) is 22.5. The maximum Gasteiger partial charge on any atom is 0.500 e. The van der Waals surface area contributed by atoms with E-state index >= 15 is 0 Å². The standard InChI is InChI=1S/2C6H16O3Si/c1-7-6(8-2,9-3)4-5-10;1-5-6-10(7-2,8-3)9-4/h4-5H2,1-3,10H3;5-6H2,1-4H3. The average Bonchev–Trinajstić information content (AvgIpc) is 2.51. The van der Waals surface area contributed by atoms with Crippen LogP contribution in [0, 0.1) is 0 Å². The van der Waals surface area contributed by atoms with Crippen LogP contribution in [0.1, 0.15) is 19.8 Å². The first-order valence-corrected chi connectivity index (χ1v) is 10.1. The lowest BCUT2D eigenvalue weighted by molar-refractivity contribution is -0.352. The molecule has 0 spiro atoms. The molecule has 8 heteroatoms. The largest absolute Gasteiger partial charge is 0.500 e. The summed E-state index contributed by atoms with van der Waals surface area (Å²) in [5, 5.41) is 0. The third-order valence-electron chi connectivity index (χ3n) is 2.98. The monoisotopic (exact) mass is 328 g/mol. The lowest BCUT2D eigenvalue weighted by atomic mass is 10.4. The maximum absolute atomic E-state index is 5.17. The van der Waals surface area contributed by atoms with Gasteiger partial charge in [-0.3, -0.25) is 0 Å². The van der Waals surface area contributed by atoms with Gasteiger partial charge >= 0.3 is 8.80 Å². The van der Waals surface area contributed by atoms with Crippen molar-refractivity contribution in [2.45, 2.75) is 37.8 Å². The van der Waals surface area contributed by atoms with Gasteiger partial charge in [0.1, 0.15) is 0 Å². The molecule has 6 nitrogen and oxygen atoms in total. The molecule has 0 saturated heterocycles. The summed E-state index contributed by atoms with van der Waals surface area (Å²) in [6, 6.07) is 1.99. The highest BCUT2D eigenvalue weighted by Gasteiger charge is 2.36. The lowest BCUT2D eigenvalue weighted by Gasteiger charge is -2.27. The minimum absolute atomic E-state index is 0.790. The SMILES string of the molecule is CCC[Si](OC)(OC)OC.COC(CC[SiH3])(OC)OC. The summed E-state index contributed by atoms with van der Waals surface area (Å²) in [5.41, 5.74) is 0. The van der Waals surface area contributed by atoms with Gasteiger partial charge in [0.25, 0.3) is 5.97 Å². The van der Waals surface area contributed by atoms with Gasteiger partial charge in [0.15, 0.2) is 0 Å². The molecule has 0 bridgehead atoms. The number of rotatable bonds is 10. The summed E-state index contributed by atoms with van der Waals surface area (Å²) in [4.78, 5) is 0. The molecule has 0 saturated carbocycles.